The number of aryl methyl sites for hydroxylation is 1. The van der Waals surface area contributed by atoms with E-state index in [0.29, 0.717) is 6.61 Å². The Labute approximate surface area is 129 Å². The summed E-state index contributed by atoms with van der Waals surface area (Å²) in [5, 5.41) is 6.21. The molecule has 0 aliphatic carbocycles. The standard InChI is InChI=1S/C15H19ClN2OS/c1-4-5-19-12-6-11(7-18-8-12)14(17-3)15-13(16)10(2)9-20-15/h6-9,14,17H,4-5H2,1-3H3. The zero-order valence-electron chi connectivity index (χ0n) is 11.9. The van der Waals surface area contributed by atoms with E-state index in [1.165, 1.54) is 0 Å². The molecule has 0 amide bonds. The largest absolute Gasteiger partial charge is 0.492 e. The van der Waals surface area contributed by atoms with Crippen LogP contribution in [0.3, 0.4) is 0 Å². The minimum Gasteiger partial charge on any atom is -0.492 e. The number of nitrogens with zero attached hydrogens (tertiary/aromatic N) is 1. The average molecular weight is 311 g/mol. The molecule has 2 rings (SSSR count). The Morgan fingerprint density at radius 1 is 1.45 bits per heavy atom. The quantitative estimate of drug-likeness (QED) is 0.868. The van der Waals surface area contributed by atoms with Crippen molar-refractivity contribution in [3.8, 4) is 5.75 Å². The summed E-state index contributed by atoms with van der Waals surface area (Å²) >= 11 is 8.04. The Kier molecular flexibility index (Phi) is 5.40. The van der Waals surface area contributed by atoms with Crippen LogP contribution in [0.1, 0.15) is 35.4 Å². The van der Waals surface area contributed by atoms with Gasteiger partial charge in [0.25, 0.3) is 0 Å². The lowest BCUT2D eigenvalue weighted by Crippen LogP contribution is -2.17. The van der Waals surface area contributed by atoms with Gasteiger partial charge in [-0.3, -0.25) is 4.98 Å². The Morgan fingerprint density at radius 3 is 2.85 bits per heavy atom. The lowest BCUT2D eigenvalue weighted by atomic mass is 10.1. The molecule has 1 atom stereocenters. The first-order valence-corrected chi connectivity index (χ1v) is 7.91. The van der Waals surface area contributed by atoms with Crippen LogP contribution in [0.4, 0.5) is 0 Å². The molecule has 0 aromatic carbocycles. The van der Waals surface area contributed by atoms with Crippen molar-refractivity contribution in [1.82, 2.24) is 10.3 Å². The van der Waals surface area contributed by atoms with Crippen LogP contribution in [0.15, 0.2) is 23.8 Å². The molecule has 3 nitrogen and oxygen atoms in total. The molecule has 2 aromatic rings. The highest BCUT2D eigenvalue weighted by atomic mass is 35.5. The SMILES string of the molecule is CCCOc1cncc(C(NC)c2scc(C)c2Cl)c1. The molecule has 5 heteroatoms. The van der Waals surface area contributed by atoms with Crippen LogP contribution in [0, 0.1) is 6.92 Å². The van der Waals surface area contributed by atoms with Crippen LogP contribution in [-0.4, -0.2) is 18.6 Å². The first-order valence-electron chi connectivity index (χ1n) is 6.65. The summed E-state index contributed by atoms with van der Waals surface area (Å²) in [6, 6.07) is 2.06. The Balaban J connectivity index is 2.30. The summed E-state index contributed by atoms with van der Waals surface area (Å²) in [5.74, 6) is 0.800. The predicted molar refractivity (Wildman–Crippen MR) is 85.0 cm³/mol. The summed E-state index contributed by atoms with van der Waals surface area (Å²) < 4.78 is 5.64. The fourth-order valence-corrected chi connectivity index (χ4v) is 3.42. The molecule has 1 unspecified atom stereocenters. The number of pyridine rings is 1. The van der Waals surface area contributed by atoms with Crippen molar-refractivity contribution >= 4 is 22.9 Å². The van der Waals surface area contributed by atoms with Gasteiger partial charge in [0.05, 0.1) is 23.9 Å². The van der Waals surface area contributed by atoms with Crippen molar-refractivity contribution in [2.24, 2.45) is 0 Å². The summed E-state index contributed by atoms with van der Waals surface area (Å²) in [7, 11) is 1.93. The molecule has 0 radical (unpaired) electrons. The van der Waals surface area contributed by atoms with Gasteiger partial charge in [0, 0.05) is 11.1 Å². The molecule has 108 valence electrons. The number of aromatic nitrogens is 1. The second-order valence-corrected chi connectivity index (χ2v) is 5.91. The van der Waals surface area contributed by atoms with Gasteiger partial charge in [-0.2, -0.15) is 0 Å². The van der Waals surface area contributed by atoms with Gasteiger partial charge >= 0.3 is 0 Å². The van der Waals surface area contributed by atoms with Gasteiger partial charge in [-0.1, -0.05) is 18.5 Å². The van der Waals surface area contributed by atoms with Gasteiger partial charge < -0.3 is 10.1 Å². The Bertz CT molecular complexity index is 571. The van der Waals surface area contributed by atoms with Gasteiger partial charge in [0.1, 0.15) is 5.75 Å². The zero-order valence-corrected chi connectivity index (χ0v) is 13.5. The number of nitrogens with one attached hydrogen (secondary N) is 1. The molecular formula is C15H19ClN2OS. The highest BCUT2D eigenvalue weighted by molar-refractivity contribution is 7.10. The highest BCUT2D eigenvalue weighted by Gasteiger charge is 2.19. The molecule has 0 fully saturated rings. The zero-order chi connectivity index (χ0) is 14.5. The van der Waals surface area contributed by atoms with Crippen molar-refractivity contribution in [2.75, 3.05) is 13.7 Å². The maximum Gasteiger partial charge on any atom is 0.137 e. The minimum absolute atomic E-state index is 0.0406. The highest BCUT2D eigenvalue weighted by Crippen LogP contribution is 2.36. The fraction of sp³-hybridized carbons (Fsp3) is 0.400. The average Bonchev–Trinajstić information content (AvgIpc) is 2.79. The predicted octanol–water partition coefficient (Wildman–Crippen LogP) is 4.20. The van der Waals surface area contributed by atoms with Crippen molar-refractivity contribution in [3.05, 3.63) is 44.9 Å². The van der Waals surface area contributed by atoms with E-state index in [-0.39, 0.29) is 6.04 Å². The summed E-state index contributed by atoms with van der Waals surface area (Å²) in [4.78, 5) is 5.38. The first-order chi connectivity index (χ1) is 9.67. The van der Waals surface area contributed by atoms with E-state index >= 15 is 0 Å². The number of thiophene rings is 1. The third-order valence-electron chi connectivity index (χ3n) is 3.02. The van der Waals surface area contributed by atoms with E-state index in [0.717, 1.165) is 33.2 Å². The number of hydrogen-bond acceptors (Lipinski definition) is 4. The molecule has 1 N–H and O–H groups in total. The normalized spacial score (nSPS) is 12.4. The second-order valence-electron chi connectivity index (χ2n) is 4.62. The monoisotopic (exact) mass is 310 g/mol. The Morgan fingerprint density at radius 2 is 2.25 bits per heavy atom. The molecule has 0 spiro atoms. The van der Waals surface area contributed by atoms with Crippen molar-refractivity contribution < 1.29 is 4.74 Å². The maximum absolute atomic E-state index is 6.37. The molecule has 0 saturated heterocycles. The van der Waals surface area contributed by atoms with Gasteiger partial charge in [-0.05, 0) is 43.0 Å². The van der Waals surface area contributed by atoms with E-state index in [9.17, 15) is 0 Å². The van der Waals surface area contributed by atoms with Gasteiger partial charge in [0.15, 0.2) is 0 Å². The van der Waals surface area contributed by atoms with Gasteiger partial charge in [0.2, 0.25) is 0 Å². The van der Waals surface area contributed by atoms with Crippen LogP contribution >= 0.6 is 22.9 Å². The molecule has 0 saturated carbocycles. The lowest BCUT2D eigenvalue weighted by molar-refractivity contribution is 0.315. The molecule has 0 bridgehead atoms. The van der Waals surface area contributed by atoms with Crippen molar-refractivity contribution in [1.29, 1.82) is 0 Å². The topological polar surface area (TPSA) is 34.1 Å². The third-order valence-corrected chi connectivity index (χ3v) is 4.80. The summed E-state index contributed by atoms with van der Waals surface area (Å²) in [5.41, 5.74) is 2.17. The van der Waals surface area contributed by atoms with E-state index in [2.05, 4.69) is 22.6 Å². The van der Waals surface area contributed by atoms with Crippen LogP contribution < -0.4 is 10.1 Å². The molecule has 20 heavy (non-hydrogen) atoms. The van der Waals surface area contributed by atoms with Crippen molar-refractivity contribution in [3.63, 3.8) is 0 Å². The van der Waals surface area contributed by atoms with Crippen LogP contribution in [-0.2, 0) is 0 Å². The van der Waals surface area contributed by atoms with Crippen LogP contribution in [0.5, 0.6) is 5.75 Å². The van der Waals surface area contributed by atoms with E-state index < -0.39 is 0 Å². The molecule has 0 aliphatic rings. The number of halogens is 1. The molecular weight excluding hydrogens is 292 g/mol. The van der Waals surface area contributed by atoms with Gasteiger partial charge in [-0.15, -0.1) is 11.3 Å². The van der Waals surface area contributed by atoms with E-state index in [1.807, 2.05) is 26.2 Å². The Hall–Kier alpha value is -1.10. The number of rotatable bonds is 6. The minimum atomic E-state index is 0.0406. The molecule has 0 aliphatic heterocycles. The smallest absolute Gasteiger partial charge is 0.137 e. The van der Waals surface area contributed by atoms with Crippen LogP contribution in [0.2, 0.25) is 5.02 Å². The number of ether oxygens (including phenoxy) is 1. The third kappa shape index (κ3) is 3.32. The second kappa shape index (κ2) is 7.07. The summed E-state index contributed by atoms with van der Waals surface area (Å²) in [6.07, 6.45) is 4.58. The molecule has 2 heterocycles. The summed E-state index contributed by atoms with van der Waals surface area (Å²) in [6.45, 7) is 4.81. The van der Waals surface area contributed by atoms with Gasteiger partial charge in [-0.25, -0.2) is 0 Å². The fourth-order valence-electron chi connectivity index (χ4n) is 1.99. The van der Waals surface area contributed by atoms with E-state index in [4.69, 9.17) is 16.3 Å². The maximum atomic E-state index is 6.37. The van der Waals surface area contributed by atoms with Crippen molar-refractivity contribution in [2.45, 2.75) is 26.3 Å². The van der Waals surface area contributed by atoms with E-state index in [1.54, 1.807) is 17.5 Å². The first kappa shape index (κ1) is 15.3. The number of hydrogen-bond donors (Lipinski definition) is 1. The van der Waals surface area contributed by atoms with Crippen LogP contribution in [0.25, 0.3) is 0 Å². The lowest BCUT2D eigenvalue weighted by Gasteiger charge is -2.16. The molecule has 2 aromatic heterocycles.